The number of aromatic nitrogens is 2. The van der Waals surface area contributed by atoms with E-state index in [1.165, 1.54) is 16.8 Å². The second-order valence-corrected chi connectivity index (χ2v) is 8.25. The molecule has 156 valence electrons. The first-order chi connectivity index (χ1) is 14.3. The van der Waals surface area contributed by atoms with Crippen LogP contribution in [-0.4, -0.2) is 21.2 Å². The Hall–Kier alpha value is -2.57. The lowest BCUT2D eigenvalue weighted by Crippen LogP contribution is -2.38. The Bertz CT molecular complexity index is 1160. The van der Waals surface area contributed by atoms with Gasteiger partial charge < -0.3 is 0 Å². The van der Waals surface area contributed by atoms with Gasteiger partial charge in [-0.25, -0.2) is 13.5 Å². The van der Waals surface area contributed by atoms with Crippen LogP contribution >= 0.6 is 11.6 Å². The Morgan fingerprint density at radius 3 is 2.47 bits per heavy atom. The Morgan fingerprint density at radius 1 is 1.03 bits per heavy atom. The first-order valence-electron chi connectivity index (χ1n) is 9.82. The molecule has 7 heteroatoms. The van der Waals surface area contributed by atoms with Crippen molar-refractivity contribution in [2.75, 3.05) is 6.54 Å². The zero-order valence-electron chi connectivity index (χ0n) is 16.9. The normalized spacial score (nSPS) is 14.0. The SMILES string of the molecule is Cc1cc(Cl)ccc1Cn1nc(C)c2c(c1=O)CN(Cc1cc(F)cc(F)c1)CC2. The molecule has 0 atom stereocenters. The summed E-state index contributed by atoms with van der Waals surface area (Å²) < 4.78 is 28.6. The van der Waals surface area contributed by atoms with Gasteiger partial charge in [-0.05, 0) is 66.8 Å². The van der Waals surface area contributed by atoms with Crippen molar-refractivity contribution in [3.63, 3.8) is 0 Å². The molecule has 0 aliphatic carbocycles. The van der Waals surface area contributed by atoms with Crippen molar-refractivity contribution < 1.29 is 8.78 Å². The minimum absolute atomic E-state index is 0.125. The number of nitrogens with zero attached hydrogens (tertiary/aromatic N) is 3. The molecular weight excluding hydrogens is 408 g/mol. The molecule has 2 heterocycles. The summed E-state index contributed by atoms with van der Waals surface area (Å²) in [5.74, 6) is -1.19. The standard InChI is InChI=1S/C23H22ClF2N3O/c1-14-7-18(24)4-3-17(14)12-29-23(30)22-13-28(6-5-21(22)15(2)27-29)11-16-8-19(25)10-20(26)9-16/h3-4,7-10H,5-6,11-13H2,1-2H3. The maximum atomic E-state index is 13.5. The highest BCUT2D eigenvalue weighted by Gasteiger charge is 2.23. The van der Waals surface area contributed by atoms with Gasteiger partial charge in [0.1, 0.15) is 11.6 Å². The molecule has 0 saturated heterocycles. The van der Waals surface area contributed by atoms with Crippen molar-refractivity contribution in [1.29, 1.82) is 0 Å². The van der Waals surface area contributed by atoms with Gasteiger partial charge in [0.25, 0.3) is 5.56 Å². The van der Waals surface area contributed by atoms with E-state index in [-0.39, 0.29) is 5.56 Å². The number of fused-ring (bicyclic) bond motifs is 1. The fourth-order valence-electron chi connectivity index (χ4n) is 4.06. The average Bonchev–Trinajstić information content (AvgIpc) is 2.67. The summed E-state index contributed by atoms with van der Waals surface area (Å²) in [4.78, 5) is 15.2. The summed E-state index contributed by atoms with van der Waals surface area (Å²) in [6.07, 6.45) is 0.683. The molecule has 1 aromatic heterocycles. The molecule has 0 fully saturated rings. The Balaban J connectivity index is 1.62. The van der Waals surface area contributed by atoms with Gasteiger partial charge in [-0.3, -0.25) is 9.69 Å². The molecule has 0 saturated carbocycles. The maximum absolute atomic E-state index is 13.5. The summed E-state index contributed by atoms with van der Waals surface area (Å²) in [7, 11) is 0. The van der Waals surface area contributed by atoms with Crippen LogP contribution < -0.4 is 5.56 Å². The third-order valence-electron chi connectivity index (χ3n) is 5.58. The van der Waals surface area contributed by atoms with Crippen LogP contribution in [0.2, 0.25) is 5.02 Å². The number of halogens is 3. The zero-order valence-corrected chi connectivity index (χ0v) is 17.6. The van der Waals surface area contributed by atoms with E-state index in [0.717, 1.165) is 28.5 Å². The number of hydrogen-bond donors (Lipinski definition) is 0. The lowest BCUT2D eigenvalue weighted by atomic mass is 9.99. The van der Waals surface area contributed by atoms with E-state index in [1.807, 2.05) is 30.9 Å². The van der Waals surface area contributed by atoms with Crippen molar-refractivity contribution in [2.24, 2.45) is 0 Å². The van der Waals surface area contributed by atoms with E-state index < -0.39 is 11.6 Å². The Kier molecular flexibility index (Phi) is 5.71. The van der Waals surface area contributed by atoms with Crippen LogP contribution in [0.1, 0.15) is 33.5 Å². The molecule has 3 aromatic rings. The van der Waals surface area contributed by atoms with Gasteiger partial charge in [-0.15, -0.1) is 0 Å². The molecule has 0 spiro atoms. The first-order valence-corrected chi connectivity index (χ1v) is 10.2. The van der Waals surface area contributed by atoms with Crippen molar-refractivity contribution >= 4 is 11.6 Å². The van der Waals surface area contributed by atoms with Gasteiger partial charge in [0.05, 0.1) is 12.2 Å². The van der Waals surface area contributed by atoms with Crippen LogP contribution in [0.4, 0.5) is 8.78 Å². The molecule has 4 nitrogen and oxygen atoms in total. The topological polar surface area (TPSA) is 38.1 Å². The smallest absolute Gasteiger partial charge is 0.271 e. The van der Waals surface area contributed by atoms with Crippen molar-refractivity contribution in [3.05, 3.63) is 96.9 Å². The molecule has 0 radical (unpaired) electrons. The molecule has 0 amide bonds. The van der Waals surface area contributed by atoms with Gasteiger partial charge in [-0.2, -0.15) is 5.10 Å². The molecular formula is C23H22ClF2N3O. The van der Waals surface area contributed by atoms with Gasteiger partial charge in [-0.1, -0.05) is 17.7 Å². The molecule has 0 bridgehead atoms. The highest BCUT2D eigenvalue weighted by atomic mass is 35.5. The third kappa shape index (κ3) is 4.30. The fraction of sp³-hybridized carbons (Fsp3) is 0.304. The molecule has 0 N–H and O–H groups in total. The Morgan fingerprint density at radius 2 is 1.77 bits per heavy atom. The number of rotatable bonds is 4. The highest BCUT2D eigenvalue weighted by Crippen LogP contribution is 2.21. The van der Waals surface area contributed by atoms with Gasteiger partial charge >= 0.3 is 0 Å². The summed E-state index contributed by atoms with van der Waals surface area (Å²) in [5.41, 5.74) is 4.94. The average molecular weight is 430 g/mol. The lowest BCUT2D eigenvalue weighted by molar-refractivity contribution is 0.241. The zero-order chi connectivity index (χ0) is 21.4. The van der Waals surface area contributed by atoms with E-state index in [0.29, 0.717) is 48.7 Å². The summed E-state index contributed by atoms with van der Waals surface area (Å²) in [6.45, 7) is 5.75. The van der Waals surface area contributed by atoms with Crippen LogP contribution in [0.25, 0.3) is 0 Å². The second-order valence-electron chi connectivity index (χ2n) is 7.81. The van der Waals surface area contributed by atoms with Crippen LogP contribution in [0.5, 0.6) is 0 Å². The molecule has 1 aliphatic heterocycles. The van der Waals surface area contributed by atoms with Gasteiger partial charge in [0, 0.05) is 36.3 Å². The summed E-state index contributed by atoms with van der Waals surface area (Å²) >= 11 is 6.04. The van der Waals surface area contributed by atoms with Crippen LogP contribution in [0.15, 0.2) is 41.2 Å². The largest absolute Gasteiger partial charge is 0.294 e. The van der Waals surface area contributed by atoms with Crippen LogP contribution in [-0.2, 0) is 26.1 Å². The van der Waals surface area contributed by atoms with Crippen molar-refractivity contribution in [2.45, 2.75) is 39.9 Å². The van der Waals surface area contributed by atoms with Crippen molar-refractivity contribution in [3.8, 4) is 0 Å². The molecule has 1 aliphatic rings. The number of benzene rings is 2. The molecule has 30 heavy (non-hydrogen) atoms. The number of hydrogen-bond acceptors (Lipinski definition) is 3. The molecule has 4 rings (SSSR count). The van der Waals surface area contributed by atoms with Crippen molar-refractivity contribution in [1.82, 2.24) is 14.7 Å². The monoisotopic (exact) mass is 429 g/mol. The minimum Gasteiger partial charge on any atom is -0.294 e. The maximum Gasteiger partial charge on any atom is 0.271 e. The fourth-order valence-corrected chi connectivity index (χ4v) is 4.28. The van der Waals surface area contributed by atoms with E-state index in [1.54, 1.807) is 6.07 Å². The quantitative estimate of drug-likeness (QED) is 0.617. The predicted molar refractivity (Wildman–Crippen MR) is 113 cm³/mol. The highest BCUT2D eigenvalue weighted by molar-refractivity contribution is 6.30. The predicted octanol–water partition coefficient (Wildman–Crippen LogP) is 4.40. The Labute approximate surface area is 178 Å². The summed E-state index contributed by atoms with van der Waals surface area (Å²) in [5, 5.41) is 5.19. The lowest BCUT2D eigenvalue weighted by Gasteiger charge is -2.29. The van der Waals surface area contributed by atoms with E-state index in [2.05, 4.69) is 5.10 Å². The van der Waals surface area contributed by atoms with E-state index in [4.69, 9.17) is 11.6 Å². The molecule has 0 unspecified atom stereocenters. The van der Waals surface area contributed by atoms with Gasteiger partial charge in [0.2, 0.25) is 0 Å². The van der Waals surface area contributed by atoms with Crippen LogP contribution in [0, 0.1) is 25.5 Å². The van der Waals surface area contributed by atoms with Gasteiger partial charge in [0.15, 0.2) is 0 Å². The summed E-state index contributed by atoms with van der Waals surface area (Å²) in [6, 6.07) is 9.11. The van der Waals surface area contributed by atoms with E-state index >= 15 is 0 Å². The number of aryl methyl sites for hydroxylation is 2. The van der Waals surface area contributed by atoms with E-state index in [9.17, 15) is 13.6 Å². The molecule has 2 aromatic carbocycles. The van der Waals surface area contributed by atoms with Crippen LogP contribution in [0.3, 0.4) is 0 Å². The second kappa shape index (κ2) is 8.28. The minimum atomic E-state index is -0.594. The first kappa shape index (κ1) is 20.7. The third-order valence-corrected chi connectivity index (χ3v) is 5.81.